The molecule has 2 atom stereocenters. The maximum Gasteiger partial charge on any atom is 0.388 e. The number of alkyl halides is 2. The van der Waals surface area contributed by atoms with E-state index in [4.69, 9.17) is 9.40 Å². The third-order valence-corrected chi connectivity index (χ3v) is 10.4. The third kappa shape index (κ3) is 6.42. The number of Topliss-reactive ketones (excluding diaryl/α,β-unsaturated/α-hetero) is 1. The Labute approximate surface area is 248 Å². The number of ketones is 1. The molecule has 0 spiro atoms. The molecule has 43 heavy (non-hydrogen) atoms. The van der Waals surface area contributed by atoms with E-state index in [-0.39, 0.29) is 47.3 Å². The molecule has 2 aliphatic carbocycles. The lowest BCUT2D eigenvalue weighted by atomic mass is 9.73. The number of nitrogens with zero attached hydrogens (tertiary/aromatic N) is 4. The predicted molar refractivity (Wildman–Crippen MR) is 154 cm³/mol. The zero-order chi connectivity index (χ0) is 30.2. The number of halogens is 2. The number of aromatic nitrogens is 2. The van der Waals surface area contributed by atoms with Gasteiger partial charge in [0.05, 0.1) is 28.6 Å². The highest BCUT2D eigenvalue weighted by atomic mass is 32.2. The summed E-state index contributed by atoms with van der Waals surface area (Å²) >= 11 is 0. The molecule has 3 aliphatic rings. The normalized spacial score (nSPS) is 22.6. The number of rotatable bonds is 9. The number of carbonyl (C=O) groups is 1. The molecule has 2 saturated carbocycles. The molecule has 226 valence electrons. The Hall–Kier alpha value is -3.85. The average molecular weight is 611 g/mol. The van der Waals surface area contributed by atoms with Crippen molar-refractivity contribution >= 4 is 21.3 Å². The SMILES string of the molecule is N#CC1(CC(=O)[C@@H]2CCCC[C@H]2c2oc(-c3ccc(OC(F)F)nc3)nc2-c2ccc(N3CCS(=O)(=O)CC3)cc2)CC1. The van der Waals surface area contributed by atoms with E-state index < -0.39 is 21.9 Å². The van der Waals surface area contributed by atoms with E-state index in [1.54, 1.807) is 6.07 Å². The number of benzene rings is 1. The molecule has 3 heterocycles. The minimum atomic E-state index is -3.01. The van der Waals surface area contributed by atoms with Gasteiger partial charge in [-0.05, 0) is 43.9 Å². The summed E-state index contributed by atoms with van der Waals surface area (Å²) in [4.78, 5) is 24.4. The van der Waals surface area contributed by atoms with Crippen molar-refractivity contribution in [1.82, 2.24) is 9.97 Å². The highest BCUT2D eigenvalue weighted by Gasteiger charge is 2.47. The lowest BCUT2D eigenvalue weighted by molar-refractivity contribution is -0.125. The molecule has 1 aliphatic heterocycles. The second-order valence-corrected chi connectivity index (χ2v) is 14.0. The molecule has 3 fully saturated rings. The molecule has 2 aromatic heterocycles. The van der Waals surface area contributed by atoms with Crippen molar-refractivity contribution < 1.29 is 31.1 Å². The molecule has 0 radical (unpaired) electrons. The monoisotopic (exact) mass is 610 g/mol. The van der Waals surface area contributed by atoms with Crippen molar-refractivity contribution in [2.75, 3.05) is 29.5 Å². The Morgan fingerprint density at radius 2 is 1.79 bits per heavy atom. The number of anilines is 1. The maximum absolute atomic E-state index is 13.6. The number of sulfone groups is 1. The van der Waals surface area contributed by atoms with E-state index in [2.05, 4.69) is 15.8 Å². The van der Waals surface area contributed by atoms with Gasteiger partial charge in [-0.15, -0.1) is 0 Å². The second kappa shape index (κ2) is 11.7. The summed E-state index contributed by atoms with van der Waals surface area (Å²) in [5, 5.41) is 9.60. The van der Waals surface area contributed by atoms with E-state index in [0.717, 1.165) is 43.4 Å². The Kier molecular flexibility index (Phi) is 7.94. The molecule has 9 nitrogen and oxygen atoms in total. The van der Waals surface area contributed by atoms with Crippen LogP contribution < -0.4 is 9.64 Å². The molecular formula is C31H32F2N4O5S. The summed E-state index contributed by atoms with van der Waals surface area (Å²) < 4.78 is 59.8. The van der Waals surface area contributed by atoms with Crippen molar-refractivity contribution in [1.29, 1.82) is 5.26 Å². The zero-order valence-corrected chi connectivity index (χ0v) is 24.4. The van der Waals surface area contributed by atoms with Crippen LogP contribution in [0.5, 0.6) is 5.88 Å². The molecule has 1 saturated heterocycles. The van der Waals surface area contributed by atoms with Crippen LogP contribution in [-0.2, 0) is 14.6 Å². The van der Waals surface area contributed by atoms with Crippen molar-refractivity contribution in [2.45, 2.75) is 57.5 Å². The quantitative estimate of drug-likeness (QED) is 0.296. The van der Waals surface area contributed by atoms with Gasteiger partial charge in [0.25, 0.3) is 0 Å². The first kappa shape index (κ1) is 29.2. The van der Waals surface area contributed by atoms with Crippen molar-refractivity contribution in [2.24, 2.45) is 11.3 Å². The van der Waals surface area contributed by atoms with E-state index >= 15 is 0 Å². The van der Waals surface area contributed by atoms with Gasteiger partial charge in [-0.1, -0.05) is 25.0 Å². The van der Waals surface area contributed by atoms with E-state index in [0.29, 0.717) is 36.5 Å². The van der Waals surface area contributed by atoms with Gasteiger partial charge >= 0.3 is 6.61 Å². The van der Waals surface area contributed by atoms with Crippen LogP contribution in [0.25, 0.3) is 22.7 Å². The summed E-state index contributed by atoms with van der Waals surface area (Å²) in [6, 6.07) is 12.9. The molecule has 0 bridgehead atoms. The number of hydrogen-bond donors (Lipinski definition) is 0. The molecule has 0 unspecified atom stereocenters. The first-order valence-electron chi connectivity index (χ1n) is 14.6. The van der Waals surface area contributed by atoms with Crippen LogP contribution in [0.4, 0.5) is 14.5 Å². The Morgan fingerprint density at radius 3 is 2.42 bits per heavy atom. The molecular weight excluding hydrogens is 578 g/mol. The summed E-state index contributed by atoms with van der Waals surface area (Å²) in [6.45, 7) is -2.14. The zero-order valence-electron chi connectivity index (χ0n) is 23.5. The van der Waals surface area contributed by atoms with Crippen molar-refractivity contribution in [3.8, 4) is 34.7 Å². The number of ether oxygens (including phenoxy) is 1. The Balaban J connectivity index is 1.34. The smallest absolute Gasteiger partial charge is 0.388 e. The standard InChI is InChI=1S/C31H32F2N4O5S/c32-30(33)41-26-10-7-21(18-35-26)29-36-27(20-5-8-22(9-6-20)37-13-15-43(39,40)16-14-37)28(42-29)24-4-2-1-3-23(24)25(38)17-31(19-34)11-12-31/h5-10,18,23-24,30H,1-4,11-17H2/t23-,24-/m1/s1. The first-order valence-corrected chi connectivity index (χ1v) is 16.4. The number of carbonyl (C=O) groups excluding carboxylic acids is 1. The fraction of sp³-hybridized carbons (Fsp3) is 0.484. The maximum atomic E-state index is 13.6. The second-order valence-electron chi connectivity index (χ2n) is 11.7. The topological polar surface area (TPSA) is 126 Å². The van der Waals surface area contributed by atoms with Gasteiger partial charge in [-0.2, -0.15) is 14.0 Å². The highest BCUT2D eigenvalue weighted by Crippen LogP contribution is 2.51. The van der Waals surface area contributed by atoms with Crippen LogP contribution >= 0.6 is 0 Å². The summed E-state index contributed by atoms with van der Waals surface area (Å²) in [7, 11) is -3.01. The lowest BCUT2D eigenvalue weighted by Gasteiger charge is -2.30. The Morgan fingerprint density at radius 1 is 1.09 bits per heavy atom. The van der Waals surface area contributed by atoms with Gasteiger partial charge in [-0.3, -0.25) is 4.79 Å². The van der Waals surface area contributed by atoms with Crippen molar-refractivity contribution in [3.63, 3.8) is 0 Å². The lowest BCUT2D eigenvalue weighted by Crippen LogP contribution is -2.40. The molecule has 3 aromatic rings. The number of pyridine rings is 1. The largest absolute Gasteiger partial charge is 0.440 e. The minimum Gasteiger partial charge on any atom is -0.440 e. The van der Waals surface area contributed by atoms with Gasteiger partial charge in [0.1, 0.15) is 17.2 Å². The van der Waals surface area contributed by atoms with Gasteiger partial charge in [0, 0.05) is 54.9 Å². The summed E-state index contributed by atoms with van der Waals surface area (Å²) in [6.07, 6.45) is 6.38. The van der Waals surface area contributed by atoms with Crippen LogP contribution in [0, 0.1) is 22.7 Å². The molecule has 0 N–H and O–H groups in total. The third-order valence-electron chi connectivity index (χ3n) is 8.82. The van der Waals surface area contributed by atoms with Gasteiger partial charge < -0.3 is 14.1 Å². The van der Waals surface area contributed by atoms with E-state index in [1.807, 2.05) is 29.2 Å². The fourth-order valence-electron chi connectivity index (χ4n) is 6.16. The predicted octanol–water partition coefficient (Wildman–Crippen LogP) is 5.78. The van der Waals surface area contributed by atoms with Crippen LogP contribution in [0.15, 0.2) is 47.0 Å². The molecule has 12 heteroatoms. The average Bonchev–Trinajstić information content (AvgIpc) is 3.64. The number of oxazole rings is 1. The van der Waals surface area contributed by atoms with Crippen LogP contribution in [0.1, 0.15) is 56.6 Å². The molecule has 6 rings (SSSR count). The molecule has 0 amide bonds. The van der Waals surface area contributed by atoms with E-state index in [9.17, 15) is 27.3 Å². The highest BCUT2D eigenvalue weighted by molar-refractivity contribution is 7.91. The van der Waals surface area contributed by atoms with Crippen molar-refractivity contribution in [3.05, 3.63) is 48.4 Å². The van der Waals surface area contributed by atoms with Crippen LogP contribution in [0.3, 0.4) is 0 Å². The van der Waals surface area contributed by atoms with E-state index in [1.165, 1.54) is 12.3 Å². The fourth-order valence-corrected chi connectivity index (χ4v) is 7.36. The summed E-state index contributed by atoms with van der Waals surface area (Å²) in [5.74, 6) is 0.394. The van der Waals surface area contributed by atoms with Gasteiger partial charge in [0.2, 0.25) is 11.8 Å². The minimum absolute atomic E-state index is 0.0817. The van der Waals surface area contributed by atoms with Gasteiger partial charge in [-0.25, -0.2) is 18.4 Å². The first-order chi connectivity index (χ1) is 20.7. The summed E-state index contributed by atoms with van der Waals surface area (Å²) in [5.41, 5.74) is 2.20. The number of hydrogen-bond acceptors (Lipinski definition) is 9. The Bertz CT molecular complexity index is 1620. The van der Waals surface area contributed by atoms with Crippen LogP contribution in [-0.4, -0.2) is 55.4 Å². The molecule has 1 aromatic carbocycles. The number of nitriles is 1. The van der Waals surface area contributed by atoms with Gasteiger partial charge in [0.15, 0.2) is 9.84 Å². The van der Waals surface area contributed by atoms with Crippen LogP contribution in [0.2, 0.25) is 0 Å².